The van der Waals surface area contributed by atoms with Gasteiger partial charge in [0.2, 0.25) is 0 Å². The zero-order valence-electron chi connectivity index (χ0n) is 7.18. The van der Waals surface area contributed by atoms with Gasteiger partial charge in [-0.15, -0.1) is 0 Å². The second-order valence-corrected chi connectivity index (χ2v) is 15.4. The molecule has 0 heterocycles. The predicted octanol–water partition coefficient (Wildman–Crippen LogP) is 7.76. The summed E-state index contributed by atoms with van der Waals surface area (Å²) in [4.78, 5) is 0. The summed E-state index contributed by atoms with van der Waals surface area (Å²) in [5.41, 5.74) is 1.02. The van der Waals surface area contributed by atoms with Gasteiger partial charge in [0.15, 0.2) is 2.14 Å². The highest BCUT2D eigenvalue weighted by atomic mass is 80.0. The molecular weight excluding hydrogens is 735 g/mol. The number of halogens is 8. The number of alkyl halides is 5. The van der Waals surface area contributed by atoms with Crippen LogP contribution in [0.1, 0.15) is 5.56 Å². The van der Waals surface area contributed by atoms with Crippen molar-refractivity contribution in [1.29, 1.82) is 0 Å². The normalized spacial score (nSPS) is 13.0. The van der Waals surface area contributed by atoms with Gasteiger partial charge in [-0.3, -0.25) is 0 Å². The molecule has 1 aromatic carbocycles. The lowest BCUT2D eigenvalue weighted by molar-refractivity contribution is 1.01. The van der Waals surface area contributed by atoms with Gasteiger partial charge in [0.25, 0.3) is 0 Å². The summed E-state index contributed by atoms with van der Waals surface area (Å²) in [6, 6.07) is 3.97. The van der Waals surface area contributed by atoms with Gasteiger partial charge in [-0.05, 0) is 59.4 Å². The fourth-order valence-electron chi connectivity index (χ4n) is 0.921. The lowest BCUT2D eigenvalue weighted by Gasteiger charge is -2.31. The maximum absolute atomic E-state index is 3.63. The first-order valence-corrected chi connectivity index (χ1v) is 10.0. The Hall–Kier alpha value is 3.06. The fraction of sp³-hybridized carbons (Fsp3) is 0.250. The summed E-state index contributed by atoms with van der Waals surface area (Å²) >= 11 is 28.3. The first kappa shape index (κ1) is 17.1. The van der Waals surface area contributed by atoms with E-state index in [1.165, 1.54) is 0 Å². The van der Waals surface area contributed by atoms with Crippen LogP contribution in [0.15, 0.2) is 25.6 Å². The molecule has 0 aliphatic rings. The molecule has 1 aromatic rings. The Morgan fingerprint density at radius 3 is 1.69 bits per heavy atom. The zero-order chi connectivity index (χ0) is 12.7. The molecule has 0 aliphatic carbocycles. The third kappa shape index (κ3) is 3.58. The molecule has 0 spiro atoms. The van der Waals surface area contributed by atoms with Crippen molar-refractivity contribution in [3.05, 3.63) is 31.1 Å². The number of hydrogen-bond donors (Lipinski definition) is 0. The predicted molar refractivity (Wildman–Crippen MR) is 98.6 cm³/mol. The van der Waals surface area contributed by atoms with E-state index in [2.05, 4.69) is 127 Å². The van der Waals surface area contributed by atoms with Crippen LogP contribution in [0.5, 0.6) is 0 Å². The summed E-state index contributed by atoms with van der Waals surface area (Å²) in [6.07, 6.45) is 0. The maximum atomic E-state index is 3.63. The SMILES string of the molecule is Brc1ccc(C(Br)(Br)C(Br)(Br)Br)c(Br)c1Br. The van der Waals surface area contributed by atoms with Crippen LogP contribution in [-0.2, 0) is 3.23 Å². The monoisotopic (exact) mass is 729 g/mol. The van der Waals surface area contributed by atoms with Crippen molar-refractivity contribution >= 4 is 127 Å². The van der Waals surface area contributed by atoms with Crippen LogP contribution in [0.2, 0.25) is 0 Å². The van der Waals surface area contributed by atoms with Gasteiger partial charge in [0.05, 0.1) is 0 Å². The Balaban J connectivity index is 3.41. The van der Waals surface area contributed by atoms with E-state index in [0.717, 1.165) is 19.0 Å². The Labute approximate surface area is 161 Å². The average Bonchev–Trinajstić information content (AvgIpc) is 2.12. The summed E-state index contributed by atoms with van der Waals surface area (Å²) in [5, 5.41) is 0. The van der Waals surface area contributed by atoms with Crippen LogP contribution in [0.25, 0.3) is 0 Å². The van der Waals surface area contributed by atoms with Crippen LogP contribution < -0.4 is 0 Å². The molecule has 0 bridgehead atoms. The van der Waals surface area contributed by atoms with Gasteiger partial charge in [0.1, 0.15) is 3.23 Å². The lowest BCUT2D eigenvalue weighted by Crippen LogP contribution is -2.26. The molecule has 0 amide bonds. The largest absolute Gasteiger partial charge is 0.164 e. The van der Waals surface area contributed by atoms with E-state index >= 15 is 0 Å². The zero-order valence-corrected chi connectivity index (χ0v) is 19.9. The van der Waals surface area contributed by atoms with Gasteiger partial charge in [-0.1, -0.05) is 85.7 Å². The number of benzene rings is 1. The van der Waals surface area contributed by atoms with Crippen molar-refractivity contribution in [3.63, 3.8) is 0 Å². The van der Waals surface area contributed by atoms with Gasteiger partial charge in [0, 0.05) is 13.4 Å². The second kappa shape index (κ2) is 6.22. The van der Waals surface area contributed by atoms with Crippen molar-refractivity contribution in [3.8, 4) is 0 Å². The topological polar surface area (TPSA) is 0 Å². The molecule has 0 fully saturated rings. The fourth-order valence-corrected chi connectivity index (χ4v) is 4.34. The summed E-state index contributed by atoms with van der Waals surface area (Å²) in [6.45, 7) is 0. The minimum atomic E-state index is -0.519. The lowest BCUT2D eigenvalue weighted by atomic mass is 10.2. The molecule has 90 valence electrons. The van der Waals surface area contributed by atoms with Gasteiger partial charge in [-0.2, -0.15) is 0 Å². The van der Waals surface area contributed by atoms with Gasteiger partial charge in [-0.25, -0.2) is 0 Å². The highest BCUT2D eigenvalue weighted by Gasteiger charge is 2.45. The van der Waals surface area contributed by atoms with E-state index in [0.29, 0.717) is 0 Å². The van der Waals surface area contributed by atoms with E-state index in [4.69, 9.17) is 0 Å². The minimum Gasteiger partial charge on any atom is -0.0639 e. The second-order valence-electron chi connectivity index (χ2n) is 2.80. The Kier molecular flexibility index (Phi) is 6.66. The quantitative estimate of drug-likeness (QED) is 0.205. The van der Waals surface area contributed by atoms with E-state index in [1.54, 1.807) is 0 Å². The van der Waals surface area contributed by atoms with E-state index in [1.807, 2.05) is 12.1 Å². The number of rotatable bonds is 1. The molecule has 0 aromatic heterocycles. The van der Waals surface area contributed by atoms with Crippen LogP contribution in [-0.4, -0.2) is 2.14 Å². The maximum Gasteiger partial charge on any atom is 0.164 e. The molecule has 8 heteroatoms. The minimum absolute atomic E-state index is 0.518. The smallest absolute Gasteiger partial charge is 0.0639 e. The van der Waals surface area contributed by atoms with Crippen LogP contribution in [0.4, 0.5) is 0 Å². The molecule has 0 atom stereocenters. The third-order valence-electron chi connectivity index (χ3n) is 1.73. The van der Waals surface area contributed by atoms with E-state index in [9.17, 15) is 0 Å². The van der Waals surface area contributed by atoms with Crippen molar-refractivity contribution in [2.24, 2.45) is 0 Å². The molecule has 0 nitrogen and oxygen atoms in total. The van der Waals surface area contributed by atoms with Crippen molar-refractivity contribution in [1.82, 2.24) is 0 Å². The van der Waals surface area contributed by atoms with Gasteiger partial charge >= 0.3 is 0 Å². The number of hydrogen-bond acceptors (Lipinski definition) is 0. The van der Waals surface area contributed by atoms with E-state index in [-0.39, 0.29) is 0 Å². The molecule has 0 N–H and O–H groups in total. The Morgan fingerprint density at radius 1 is 0.750 bits per heavy atom. The van der Waals surface area contributed by atoms with E-state index < -0.39 is 5.38 Å². The summed E-state index contributed by atoms with van der Waals surface area (Å²) in [5.74, 6) is 0. The standard InChI is InChI=1S/C8H2Br8/c9-4-2-1-3(5(10)6(4)11)7(12,13)8(14,15)16/h1-2H. The molecule has 0 aliphatic heterocycles. The van der Waals surface area contributed by atoms with Crippen LogP contribution >= 0.6 is 127 Å². The Bertz CT molecular complexity index is 405. The van der Waals surface area contributed by atoms with Gasteiger partial charge < -0.3 is 0 Å². The molecular formula is C8H2Br8. The molecule has 1 rings (SSSR count). The van der Waals surface area contributed by atoms with Crippen molar-refractivity contribution in [2.75, 3.05) is 0 Å². The first-order chi connectivity index (χ1) is 7.09. The average molecular weight is 737 g/mol. The highest BCUT2D eigenvalue weighted by Crippen LogP contribution is 2.60. The summed E-state index contributed by atoms with van der Waals surface area (Å²) < 4.78 is 1.87. The first-order valence-electron chi connectivity index (χ1n) is 3.67. The van der Waals surface area contributed by atoms with Crippen molar-refractivity contribution < 1.29 is 0 Å². The molecule has 0 unspecified atom stereocenters. The highest BCUT2D eigenvalue weighted by molar-refractivity contribution is 9.41. The Morgan fingerprint density at radius 2 is 1.25 bits per heavy atom. The molecule has 16 heavy (non-hydrogen) atoms. The van der Waals surface area contributed by atoms with Crippen LogP contribution in [0, 0.1) is 0 Å². The molecule has 0 saturated carbocycles. The molecule has 0 saturated heterocycles. The molecule has 0 radical (unpaired) electrons. The summed E-state index contributed by atoms with van der Waals surface area (Å²) in [7, 11) is 0. The third-order valence-corrected chi connectivity index (χ3v) is 12.1. The van der Waals surface area contributed by atoms with Crippen molar-refractivity contribution in [2.45, 2.75) is 5.38 Å². The van der Waals surface area contributed by atoms with Crippen LogP contribution in [0.3, 0.4) is 0 Å².